The summed E-state index contributed by atoms with van der Waals surface area (Å²) in [4.78, 5) is 0. The van der Waals surface area contributed by atoms with Gasteiger partial charge in [0.2, 0.25) is 0 Å². The van der Waals surface area contributed by atoms with Crippen molar-refractivity contribution in [1.82, 2.24) is 0 Å². The molecule has 2 aromatic rings. The highest BCUT2D eigenvalue weighted by molar-refractivity contribution is 6.31. The number of benzene rings is 1. The molecule has 1 aromatic carbocycles. The predicted octanol–water partition coefficient (Wildman–Crippen LogP) is 3.23. The van der Waals surface area contributed by atoms with E-state index >= 15 is 0 Å². The van der Waals surface area contributed by atoms with E-state index in [1.165, 1.54) is 6.07 Å². The molecule has 2 rings (SSSR count). The molecule has 0 aliphatic heterocycles. The fraction of sp³-hybridized carbons (Fsp3) is 0.0909. The Morgan fingerprint density at radius 1 is 1.27 bits per heavy atom. The average molecular weight is 227 g/mol. The molecule has 1 heterocycles. The molecule has 0 atom stereocenters. The van der Waals surface area contributed by atoms with Crippen molar-refractivity contribution in [1.29, 1.82) is 0 Å². The van der Waals surface area contributed by atoms with Gasteiger partial charge in [-0.15, -0.1) is 0 Å². The van der Waals surface area contributed by atoms with E-state index in [2.05, 4.69) is 0 Å². The minimum atomic E-state index is -0.516. The van der Waals surface area contributed by atoms with Crippen LogP contribution in [0.3, 0.4) is 0 Å². The van der Waals surface area contributed by atoms with Crippen LogP contribution in [0, 0.1) is 5.82 Å². The molecule has 0 spiro atoms. The summed E-state index contributed by atoms with van der Waals surface area (Å²) in [6.45, 7) is -0.206. The Morgan fingerprint density at radius 2 is 2.07 bits per heavy atom. The smallest absolute Gasteiger partial charge is 0.152 e. The van der Waals surface area contributed by atoms with Gasteiger partial charge in [-0.05, 0) is 24.3 Å². The van der Waals surface area contributed by atoms with Crippen LogP contribution in [0.4, 0.5) is 4.39 Å². The Balaban J connectivity index is 2.49. The van der Waals surface area contributed by atoms with Crippen molar-refractivity contribution in [2.75, 3.05) is 0 Å². The van der Waals surface area contributed by atoms with Gasteiger partial charge in [-0.25, -0.2) is 4.39 Å². The van der Waals surface area contributed by atoms with E-state index in [0.717, 1.165) is 0 Å². The lowest BCUT2D eigenvalue weighted by Crippen LogP contribution is -1.83. The summed E-state index contributed by atoms with van der Waals surface area (Å²) in [5.74, 6) is 0.237. The first-order chi connectivity index (χ1) is 7.22. The molecule has 0 aliphatic rings. The first-order valence-electron chi connectivity index (χ1n) is 4.36. The second-order valence-electron chi connectivity index (χ2n) is 3.03. The van der Waals surface area contributed by atoms with Gasteiger partial charge in [0.1, 0.15) is 18.1 Å². The zero-order valence-corrected chi connectivity index (χ0v) is 8.46. The van der Waals surface area contributed by atoms with Crippen LogP contribution in [-0.4, -0.2) is 5.11 Å². The fourth-order valence-corrected chi connectivity index (χ4v) is 1.48. The lowest BCUT2D eigenvalue weighted by Gasteiger charge is -2.00. The topological polar surface area (TPSA) is 33.4 Å². The zero-order chi connectivity index (χ0) is 10.8. The second-order valence-corrected chi connectivity index (χ2v) is 3.43. The van der Waals surface area contributed by atoms with Crippen molar-refractivity contribution in [3.63, 3.8) is 0 Å². The normalized spacial score (nSPS) is 10.6. The van der Waals surface area contributed by atoms with Crippen LogP contribution >= 0.6 is 11.6 Å². The number of halogens is 2. The van der Waals surface area contributed by atoms with Gasteiger partial charge >= 0.3 is 0 Å². The SMILES string of the molecule is OCc1ccc(-c2cccc(Cl)c2F)o1. The molecule has 4 heteroatoms. The van der Waals surface area contributed by atoms with E-state index in [9.17, 15) is 4.39 Å². The minimum absolute atomic E-state index is 0.0504. The van der Waals surface area contributed by atoms with Crippen molar-refractivity contribution in [3.05, 3.63) is 46.9 Å². The molecule has 2 nitrogen and oxygen atoms in total. The van der Waals surface area contributed by atoms with Crippen molar-refractivity contribution < 1.29 is 13.9 Å². The van der Waals surface area contributed by atoms with Crippen molar-refractivity contribution in [2.45, 2.75) is 6.61 Å². The first-order valence-corrected chi connectivity index (χ1v) is 4.74. The molecule has 0 unspecified atom stereocenters. The van der Waals surface area contributed by atoms with E-state index < -0.39 is 5.82 Å². The van der Waals surface area contributed by atoms with Gasteiger partial charge in [-0.3, -0.25) is 0 Å². The number of furan rings is 1. The predicted molar refractivity (Wildman–Crippen MR) is 55.0 cm³/mol. The number of aliphatic hydroxyl groups excluding tert-OH is 1. The van der Waals surface area contributed by atoms with Crippen LogP contribution < -0.4 is 0 Å². The van der Waals surface area contributed by atoms with Gasteiger partial charge in [-0.1, -0.05) is 17.7 Å². The Kier molecular flexibility index (Phi) is 2.75. The number of aliphatic hydroxyl groups is 1. The van der Waals surface area contributed by atoms with Crippen molar-refractivity contribution in [3.8, 4) is 11.3 Å². The molecule has 0 aliphatic carbocycles. The van der Waals surface area contributed by atoms with Gasteiger partial charge in [0.05, 0.1) is 10.6 Å². The van der Waals surface area contributed by atoms with E-state index in [0.29, 0.717) is 17.1 Å². The van der Waals surface area contributed by atoms with Crippen LogP contribution in [0.15, 0.2) is 34.7 Å². The lowest BCUT2D eigenvalue weighted by atomic mass is 10.1. The molecule has 0 bridgehead atoms. The summed E-state index contributed by atoms with van der Waals surface area (Å²) in [6.07, 6.45) is 0. The van der Waals surface area contributed by atoms with Gasteiger partial charge < -0.3 is 9.52 Å². The second kappa shape index (κ2) is 4.04. The summed E-state index contributed by atoms with van der Waals surface area (Å²) in [5.41, 5.74) is 0.294. The molecule has 0 saturated heterocycles. The van der Waals surface area contributed by atoms with Crippen LogP contribution in [0.5, 0.6) is 0 Å². The van der Waals surface area contributed by atoms with Gasteiger partial charge in [0, 0.05) is 0 Å². The van der Waals surface area contributed by atoms with Crippen LogP contribution in [0.2, 0.25) is 5.02 Å². The highest BCUT2D eigenvalue weighted by Crippen LogP contribution is 2.28. The number of hydrogen-bond donors (Lipinski definition) is 1. The first kappa shape index (κ1) is 10.2. The van der Waals surface area contributed by atoms with Gasteiger partial charge in [0.25, 0.3) is 0 Å². The van der Waals surface area contributed by atoms with E-state index in [4.69, 9.17) is 21.1 Å². The zero-order valence-electron chi connectivity index (χ0n) is 7.71. The average Bonchev–Trinajstić information content (AvgIpc) is 2.70. The molecule has 1 aromatic heterocycles. The van der Waals surface area contributed by atoms with Crippen LogP contribution in [0.25, 0.3) is 11.3 Å². The molecule has 0 fully saturated rings. The van der Waals surface area contributed by atoms with Gasteiger partial charge in [0.15, 0.2) is 5.82 Å². The summed E-state index contributed by atoms with van der Waals surface area (Å²) in [7, 11) is 0. The molecule has 1 N–H and O–H groups in total. The summed E-state index contributed by atoms with van der Waals surface area (Å²) >= 11 is 5.64. The third-order valence-electron chi connectivity index (χ3n) is 2.03. The van der Waals surface area contributed by atoms with E-state index in [1.54, 1.807) is 24.3 Å². The van der Waals surface area contributed by atoms with Crippen molar-refractivity contribution >= 4 is 11.6 Å². The molecule has 78 valence electrons. The number of hydrogen-bond acceptors (Lipinski definition) is 2. The molecule has 0 amide bonds. The Hall–Kier alpha value is -1.32. The quantitative estimate of drug-likeness (QED) is 0.853. The maximum Gasteiger partial charge on any atom is 0.152 e. The maximum absolute atomic E-state index is 13.5. The maximum atomic E-state index is 13.5. The lowest BCUT2D eigenvalue weighted by molar-refractivity contribution is 0.248. The third kappa shape index (κ3) is 1.89. The van der Waals surface area contributed by atoms with Crippen LogP contribution in [-0.2, 0) is 6.61 Å². The fourth-order valence-electron chi connectivity index (χ4n) is 1.30. The van der Waals surface area contributed by atoms with E-state index in [-0.39, 0.29) is 11.6 Å². The van der Waals surface area contributed by atoms with Gasteiger partial charge in [-0.2, -0.15) is 0 Å². The summed E-state index contributed by atoms with van der Waals surface area (Å²) in [6, 6.07) is 7.87. The molecule has 0 saturated carbocycles. The molecular weight excluding hydrogens is 219 g/mol. The number of rotatable bonds is 2. The van der Waals surface area contributed by atoms with Crippen LogP contribution in [0.1, 0.15) is 5.76 Å². The van der Waals surface area contributed by atoms with E-state index in [1.807, 2.05) is 0 Å². The highest BCUT2D eigenvalue weighted by atomic mass is 35.5. The monoisotopic (exact) mass is 226 g/mol. The molecular formula is C11H8ClFO2. The summed E-state index contributed by atoms with van der Waals surface area (Å²) in [5, 5.41) is 8.86. The third-order valence-corrected chi connectivity index (χ3v) is 2.33. The highest BCUT2D eigenvalue weighted by Gasteiger charge is 2.11. The molecule has 0 radical (unpaired) electrons. The Morgan fingerprint density at radius 3 is 2.73 bits per heavy atom. The van der Waals surface area contributed by atoms with Crippen molar-refractivity contribution in [2.24, 2.45) is 0 Å². The molecule has 15 heavy (non-hydrogen) atoms. The standard InChI is InChI=1S/C11H8ClFO2/c12-9-3-1-2-8(11(9)13)10-5-4-7(6-14)15-10/h1-5,14H,6H2. The Bertz CT molecular complexity index is 479. The largest absolute Gasteiger partial charge is 0.459 e. The summed E-state index contributed by atoms with van der Waals surface area (Å²) < 4.78 is 18.8. The minimum Gasteiger partial charge on any atom is -0.459 e. The Labute approximate surface area is 90.9 Å².